The summed E-state index contributed by atoms with van der Waals surface area (Å²) in [5, 5.41) is 3.98. The lowest BCUT2D eigenvalue weighted by Crippen LogP contribution is -2.34. The standard InChI is InChI=1S/C19H18BrN5O/c1-22-19(26)25(14-21-22)18-8-6-17(7-9-18)24-12-10-23(11-13-24)16-4-2-15(20)3-5-16/h2-10,12,14H,11,13H2,1H3. The van der Waals surface area contributed by atoms with Crippen LogP contribution in [0.4, 0.5) is 11.4 Å². The maximum Gasteiger partial charge on any atom is 0.350 e. The molecule has 4 rings (SSSR count). The summed E-state index contributed by atoms with van der Waals surface area (Å²) in [5.74, 6) is 0. The highest BCUT2D eigenvalue weighted by molar-refractivity contribution is 9.10. The van der Waals surface area contributed by atoms with Crippen LogP contribution in [0.1, 0.15) is 0 Å². The number of aryl methyl sites for hydroxylation is 1. The SMILES string of the molecule is Cn1ncn(-c2ccc(N3C=CN(c4ccc(Br)cc4)CC3)cc2)c1=O. The molecule has 26 heavy (non-hydrogen) atoms. The lowest BCUT2D eigenvalue weighted by Gasteiger charge is -2.31. The predicted molar refractivity (Wildman–Crippen MR) is 107 cm³/mol. The number of aromatic nitrogens is 3. The van der Waals surface area contributed by atoms with E-state index in [2.05, 4.69) is 67.5 Å². The van der Waals surface area contributed by atoms with Gasteiger partial charge in [-0.15, -0.1) is 0 Å². The second kappa shape index (κ2) is 6.84. The summed E-state index contributed by atoms with van der Waals surface area (Å²) in [7, 11) is 1.64. The predicted octanol–water partition coefficient (Wildman–Crippen LogP) is 3.13. The number of hydrogen-bond donors (Lipinski definition) is 0. The maximum absolute atomic E-state index is 12.0. The first-order chi connectivity index (χ1) is 12.6. The van der Waals surface area contributed by atoms with Crippen molar-refractivity contribution in [2.45, 2.75) is 0 Å². The van der Waals surface area contributed by atoms with E-state index in [9.17, 15) is 4.79 Å². The van der Waals surface area contributed by atoms with Gasteiger partial charge in [0.25, 0.3) is 0 Å². The van der Waals surface area contributed by atoms with Crippen molar-refractivity contribution in [2.75, 3.05) is 22.9 Å². The van der Waals surface area contributed by atoms with Gasteiger partial charge in [-0.05, 0) is 48.5 Å². The molecule has 0 unspecified atom stereocenters. The van der Waals surface area contributed by atoms with E-state index in [-0.39, 0.29) is 5.69 Å². The Kier molecular flexibility index (Phi) is 4.38. The fourth-order valence-corrected chi connectivity index (χ4v) is 3.22. The lowest BCUT2D eigenvalue weighted by molar-refractivity contribution is 0.726. The van der Waals surface area contributed by atoms with Crippen molar-refractivity contribution < 1.29 is 0 Å². The van der Waals surface area contributed by atoms with Crippen LogP contribution >= 0.6 is 15.9 Å². The summed E-state index contributed by atoms with van der Waals surface area (Å²) < 4.78 is 3.93. The highest BCUT2D eigenvalue weighted by Gasteiger charge is 2.13. The van der Waals surface area contributed by atoms with Gasteiger partial charge in [-0.2, -0.15) is 5.10 Å². The minimum Gasteiger partial charge on any atom is -0.345 e. The normalized spacial score (nSPS) is 14.1. The van der Waals surface area contributed by atoms with Gasteiger partial charge < -0.3 is 9.80 Å². The number of nitrogens with zero attached hydrogens (tertiary/aromatic N) is 5. The van der Waals surface area contributed by atoms with Crippen molar-refractivity contribution in [3.63, 3.8) is 0 Å². The Morgan fingerprint density at radius 1 is 0.846 bits per heavy atom. The zero-order valence-corrected chi connectivity index (χ0v) is 15.9. The van der Waals surface area contributed by atoms with E-state index in [1.807, 2.05) is 24.3 Å². The molecule has 1 aromatic heterocycles. The zero-order chi connectivity index (χ0) is 18.1. The Hall–Kier alpha value is -2.80. The first-order valence-electron chi connectivity index (χ1n) is 8.30. The summed E-state index contributed by atoms with van der Waals surface area (Å²) >= 11 is 3.47. The molecule has 0 amide bonds. The van der Waals surface area contributed by atoms with Crippen molar-refractivity contribution >= 4 is 27.3 Å². The molecular formula is C19H18BrN5O. The summed E-state index contributed by atoms with van der Waals surface area (Å²) in [6.45, 7) is 1.79. The highest BCUT2D eigenvalue weighted by atomic mass is 79.9. The number of hydrogen-bond acceptors (Lipinski definition) is 4. The molecule has 3 aromatic rings. The van der Waals surface area contributed by atoms with E-state index >= 15 is 0 Å². The second-order valence-electron chi connectivity index (χ2n) is 6.08. The minimum absolute atomic E-state index is 0.152. The Morgan fingerprint density at radius 2 is 1.35 bits per heavy atom. The second-order valence-corrected chi connectivity index (χ2v) is 7.00. The van der Waals surface area contributed by atoms with Gasteiger partial charge in [-0.1, -0.05) is 15.9 Å². The van der Waals surface area contributed by atoms with Gasteiger partial charge in [0.2, 0.25) is 0 Å². The highest BCUT2D eigenvalue weighted by Crippen LogP contribution is 2.23. The molecule has 0 atom stereocenters. The monoisotopic (exact) mass is 411 g/mol. The van der Waals surface area contributed by atoms with Gasteiger partial charge in [0.05, 0.1) is 5.69 Å². The van der Waals surface area contributed by atoms with Crippen LogP contribution in [0, 0.1) is 0 Å². The number of benzene rings is 2. The fraction of sp³-hybridized carbons (Fsp3) is 0.158. The van der Waals surface area contributed by atoms with Crippen LogP contribution in [0.25, 0.3) is 5.69 Å². The Morgan fingerprint density at radius 3 is 1.81 bits per heavy atom. The molecule has 0 saturated heterocycles. The topological polar surface area (TPSA) is 46.3 Å². The third kappa shape index (κ3) is 3.17. The van der Waals surface area contributed by atoms with E-state index < -0.39 is 0 Å². The first-order valence-corrected chi connectivity index (χ1v) is 9.09. The average molecular weight is 412 g/mol. The quantitative estimate of drug-likeness (QED) is 0.663. The van der Waals surface area contributed by atoms with Crippen molar-refractivity contribution in [1.82, 2.24) is 14.3 Å². The largest absolute Gasteiger partial charge is 0.350 e. The van der Waals surface area contributed by atoms with Crippen LogP contribution < -0.4 is 15.5 Å². The van der Waals surface area contributed by atoms with Crippen molar-refractivity contribution in [1.29, 1.82) is 0 Å². The van der Waals surface area contributed by atoms with Gasteiger partial charge in [-0.25, -0.2) is 14.0 Å². The molecule has 7 heteroatoms. The molecule has 2 heterocycles. The molecule has 2 aromatic carbocycles. The average Bonchev–Trinajstić information content (AvgIpc) is 3.02. The van der Waals surface area contributed by atoms with E-state index in [0.29, 0.717) is 0 Å². The van der Waals surface area contributed by atoms with Crippen LogP contribution in [-0.4, -0.2) is 27.4 Å². The van der Waals surface area contributed by atoms with Crippen LogP contribution in [0.5, 0.6) is 0 Å². The molecule has 0 spiro atoms. The van der Waals surface area contributed by atoms with E-state index in [0.717, 1.165) is 28.9 Å². The molecule has 0 bridgehead atoms. The summed E-state index contributed by atoms with van der Waals surface area (Å²) in [5.41, 5.74) is 2.93. The fourth-order valence-electron chi connectivity index (χ4n) is 2.95. The minimum atomic E-state index is -0.152. The van der Waals surface area contributed by atoms with E-state index in [4.69, 9.17) is 0 Å². The molecule has 0 N–H and O–H groups in total. The summed E-state index contributed by atoms with van der Waals surface area (Å²) in [6.07, 6.45) is 5.71. The maximum atomic E-state index is 12.0. The molecular weight excluding hydrogens is 394 g/mol. The molecule has 0 aliphatic carbocycles. The van der Waals surface area contributed by atoms with Gasteiger partial charge >= 0.3 is 5.69 Å². The van der Waals surface area contributed by atoms with Gasteiger partial charge in [-0.3, -0.25) is 0 Å². The van der Waals surface area contributed by atoms with Crippen molar-refractivity contribution in [2.24, 2.45) is 7.05 Å². The smallest absolute Gasteiger partial charge is 0.345 e. The molecule has 0 radical (unpaired) electrons. The van der Waals surface area contributed by atoms with E-state index in [1.165, 1.54) is 21.3 Å². The van der Waals surface area contributed by atoms with Gasteiger partial charge in [0.15, 0.2) is 0 Å². The lowest BCUT2D eigenvalue weighted by atomic mass is 10.2. The molecule has 6 nitrogen and oxygen atoms in total. The van der Waals surface area contributed by atoms with Crippen molar-refractivity contribution in [3.05, 3.63) is 82.2 Å². The molecule has 132 valence electrons. The van der Waals surface area contributed by atoms with Crippen molar-refractivity contribution in [3.8, 4) is 5.69 Å². The summed E-state index contributed by atoms with van der Waals surface area (Å²) in [4.78, 5) is 16.4. The molecule has 1 aliphatic rings. The number of rotatable bonds is 3. The van der Waals surface area contributed by atoms with Crippen LogP contribution in [0.3, 0.4) is 0 Å². The van der Waals surface area contributed by atoms with E-state index in [1.54, 1.807) is 7.05 Å². The number of halogens is 1. The number of anilines is 2. The molecule has 0 saturated carbocycles. The zero-order valence-electron chi connectivity index (χ0n) is 14.3. The third-order valence-corrected chi connectivity index (χ3v) is 4.98. The molecule has 1 aliphatic heterocycles. The van der Waals surface area contributed by atoms with Gasteiger partial charge in [0.1, 0.15) is 6.33 Å². The summed E-state index contributed by atoms with van der Waals surface area (Å²) in [6, 6.07) is 16.2. The third-order valence-electron chi connectivity index (χ3n) is 4.45. The Labute approximate surface area is 159 Å². The van der Waals surface area contributed by atoms with Crippen LogP contribution in [-0.2, 0) is 7.05 Å². The molecule has 0 fully saturated rings. The van der Waals surface area contributed by atoms with Crippen LogP contribution in [0.2, 0.25) is 0 Å². The first kappa shape index (κ1) is 16.7. The van der Waals surface area contributed by atoms with Crippen LogP contribution in [0.15, 0.2) is 76.5 Å². The van der Waals surface area contributed by atoms with Gasteiger partial charge in [0, 0.05) is 48.4 Å². The Bertz CT molecular complexity index is 988. The Balaban J connectivity index is 1.50.